The van der Waals surface area contributed by atoms with Crippen LogP contribution in [-0.4, -0.2) is 72.1 Å². The molecule has 2 amide bonds. The molecule has 0 saturated carbocycles. The highest BCUT2D eigenvalue weighted by atomic mass is 32.2. The fourth-order valence-corrected chi connectivity index (χ4v) is 4.63. The summed E-state index contributed by atoms with van der Waals surface area (Å²) in [6.45, 7) is 13.2. The second-order valence-electron chi connectivity index (χ2n) is 8.42. The van der Waals surface area contributed by atoms with E-state index in [2.05, 4.69) is 60.2 Å². The molecule has 2 saturated heterocycles. The van der Waals surface area contributed by atoms with Crippen LogP contribution in [-0.2, 0) is 6.54 Å². The zero-order chi connectivity index (χ0) is 19.3. The standard InChI is InChI=1S/C21H34N4OS/c1-21(2,3)25-10-4-9-24(11-12-25)20(26)22-17-18-5-7-19(8-6-18)23-13-15-27-16-14-23/h5-8H,4,9-17H2,1-3H3,(H,22,26). The number of amides is 2. The lowest BCUT2D eigenvalue weighted by Crippen LogP contribution is -2.45. The molecule has 0 radical (unpaired) electrons. The Labute approximate surface area is 168 Å². The number of urea groups is 1. The summed E-state index contributed by atoms with van der Waals surface area (Å²) in [5.41, 5.74) is 2.62. The fourth-order valence-electron chi connectivity index (χ4n) is 3.73. The van der Waals surface area contributed by atoms with Gasteiger partial charge in [0, 0.05) is 68.5 Å². The van der Waals surface area contributed by atoms with Crippen LogP contribution < -0.4 is 10.2 Å². The first kappa shape index (κ1) is 20.3. The third kappa shape index (κ3) is 5.79. The summed E-state index contributed by atoms with van der Waals surface area (Å²) in [6.07, 6.45) is 1.04. The molecule has 27 heavy (non-hydrogen) atoms. The van der Waals surface area contributed by atoms with E-state index in [1.54, 1.807) is 0 Å². The first-order valence-electron chi connectivity index (χ1n) is 10.1. The topological polar surface area (TPSA) is 38.8 Å². The van der Waals surface area contributed by atoms with Gasteiger partial charge in [-0.15, -0.1) is 0 Å². The Morgan fingerprint density at radius 2 is 1.70 bits per heavy atom. The van der Waals surface area contributed by atoms with Gasteiger partial charge in [-0.05, 0) is 44.9 Å². The molecule has 0 bridgehead atoms. The van der Waals surface area contributed by atoms with Crippen LogP contribution >= 0.6 is 11.8 Å². The quantitative estimate of drug-likeness (QED) is 0.860. The fraction of sp³-hybridized carbons (Fsp3) is 0.667. The smallest absolute Gasteiger partial charge is 0.317 e. The van der Waals surface area contributed by atoms with Gasteiger partial charge in [0.2, 0.25) is 0 Å². The van der Waals surface area contributed by atoms with Crippen molar-refractivity contribution in [3.63, 3.8) is 0 Å². The molecule has 0 unspecified atom stereocenters. The maximum atomic E-state index is 12.6. The maximum Gasteiger partial charge on any atom is 0.317 e. The number of rotatable bonds is 3. The molecule has 2 aliphatic heterocycles. The highest BCUT2D eigenvalue weighted by molar-refractivity contribution is 7.99. The molecule has 6 heteroatoms. The number of hydrogen-bond acceptors (Lipinski definition) is 4. The summed E-state index contributed by atoms with van der Waals surface area (Å²) in [5, 5.41) is 3.10. The molecule has 0 atom stereocenters. The van der Waals surface area contributed by atoms with Crippen molar-refractivity contribution in [3.05, 3.63) is 29.8 Å². The molecule has 0 spiro atoms. The van der Waals surface area contributed by atoms with Crippen molar-refractivity contribution in [1.29, 1.82) is 0 Å². The van der Waals surface area contributed by atoms with Crippen LogP contribution in [0.3, 0.4) is 0 Å². The predicted octanol–water partition coefficient (Wildman–Crippen LogP) is 3.26. The van der Waals surface area contributed by atoms with Gasteiger partial charge in [0.25, 0.3) is 0 Å². The predicted molar refractivity (Wildman–Crippen MR) is 116 cm³/mol. The van der Waals surface area contributed by atoms with E-state index < -0.39 is 0 Å². The van der Waals surface area contributed by atoms with Crippen molar-refractivity contribution in [2.24, 2.45) is 0 Å². The Morgan fingerprint density at radius 3 is 2.37 bits per heavy atom. The van der Waals surface area contributed by atoms with E-state index in [1.165, 1.54) is 17.2 Å². The first-order chi connectivity index (χ1) is 12.9. The summed E-state index contributed by atoms with van der Waals surface area (Å²) in [4.78, 5) is 19.5. The first-order valence-corrected chi connectivity index (χ1v) is 11.3. The van der Waals surface area contributed by atoms with Gasteiger partial charge in [0.1, 0.15) is 0 Å². The zero-order valence-electron chi connectivity index (χ0n) is 17.0. The average molecular weight is 391 g/mol. The maximum absolute atomic E-state index is 12.6. The molecule has 0 aliphatic carbocycles. The summed E-state index contributed by atoms with van der Waals surface area (Å²) in [5.74, 6) is 2.42. The molecule has 2 aliphatic rings. The van der Waals surface area contributed by atoms with Crippen LogP contribution in [0.2, 0.25) is 0 Å². The van der Waals surface area contributed by atoms with Crippen molar-refractivity contribution >= 4 is 23.5 Å². The lowest BCUT2D eigenvalue weighted by Gasteiger charge is -2.34. The number of hydrogen-bond donors (Lipinski definition) is 1. The third-order valence-corrected chi connectivity index (χ3v) is 6.43. The highest BCUT2D eigenvalue weighted by Crippen LogP contribution is 2.20. The van der Waals surface area contributed by atoms with Crippen molar-refractivity contribution in [2.45, 2.75) is 39.3 Å². The summed E-state index contributed by atoms with van der Waals surface area (Å²) < 4.78 is 0. The molecular weight excluding hydrogens is 356 g/mol. The van der Waals surface area contributed by atoms with E-state index in [0.717, 1.165) is 51.3 Å². The Kier molecular flexibility index (Phi) is 6.93. The number of benzene rings is 1. The summed E-state index contributed by atoms with van der Waals surface area (Å²) in [7, 11) is 0. The molecule has 3 rings (SSSR count). The van der Waals surface area contributed by atoms with Crippen LogP contribution in [0.25, 0.3) is 0 Å². The van der Waals surface area contributed by atoms with E-state index in [4.69, 9.17) is 0 Å². The lowest BCUT2D eigenvalue weighted by atomic mass is 10.1. The molecule has 1 aromatic rings. The monoisotopic (exact) mass is 390 g/mol. The van der Waals surface area contributed by atoms with Crippen molar-refractivity contribution in [3.8, 4) is 0 Å². The van der Waals surface area contributed by atoms with Crippen LogP contribution in [0.5, 0.6) is 0 Å². The third-order valence-electron chi connectivity index (χ3n) is 5.49. The minimum Gasteiger partial charge on any atom is -0.370 e. The average Bonchev–Trinajstić information content (AvgIpc) is 2.94. The van der Waals surface area contributed by atoms with E-state index in [0.29, 0.717) is 6.54 Å². The molecule has 5 nitrogen and oxygen atoms in total. The van der Waals surface area contributed by atoms with Crippen LogP contribution in [0.4, 0.5) is 10.5 Å². The molecule has 1 N–H and O–H groups in total. The van der Waals surface area contributed by atoms with Crippen molar-refractivity contribution < 1.29 is 4.79 Å². The number of carbonyl (C=O) groups is 1. The van der Waals surface area contributed by atoms with Crippen molar-refractivity contribution in [2.75, 3.05) is 55.7 Å². The molecule has 0 aromatic heterocycles. The van der Waals surface area contributed by atoms with Gasteiger partial charge < -0.3 is 15.1 Å². The molecule has 1 aromatic carbocycles. The molecule has 150 valence electrons. The minimum atomic E-state index is 0.0582. The van der Waals surface area contributed by atoms with E-state index >= 15 is 0 Å². The molecule has 2 heterocycles. The van der Waals surface area contributed by atoms with Gasteiger partial charge in [0.15, 0.2) is 0 Å². The highest BCUT2D eigenvalue weighted by Gasteiger charge is 2.25. The number of nitrogens with one attached hydrogen (secondary N) is 1. The Hall–Kier alpha value is -1.40. The Morgan fingerprint density at radius 1 is 1.00 bits per heavy atom. The second-order valence-corrected chi connectivity index (χ2v) is 9.65. The summed E-state index contributed by atoms with van der Waals surface area (Å²) in [6, 6.07) is 8.71. The van der Waals surface area contributed by atoms with Gasteiger partial charge in [0.05, 0.1) is 0 Å². The van der Waals surface area contributed by atoms with Crippen molar-refractivity contribution in [1.82, 2.24) is 15.1 Å². The van der Waals surface area contributed by atoms with Crippen LogP contribution in [0.1, 0.15) is 32.8 Å². The van der Waals surface area contributed by atoms with E-state index in [9.17, 15) is 4.79 Å². The minimum absolute atomic E-state index is 0.0582. The number of carbonyl (C=O) groups excluding carboxylic acids is 1. The van der Waals surface area contributed by atoms with Gasteiger partial charge in [-0.1, -0.05) is 12.1 Å². The van der Waals surface area contributed by atoms with Gasteiger partial charge in [-0.2, -0.15) is 11.8 Å². The van der Waals surface area contributed by atoms with Gasteiger partial charge in [-0.25, -0.2) is 4.79 Å². The van der Waals surface area contributed by atoms with E-state index in [-0.39, 0.29) is 11.6 Å². The number of nitrogens with zero attached hydrogens (tertiary/aromatic N) is 3. The van der Waals surface area contributed by atoms with Crippen LogP contribution in [0, 0.1) is 0 Å². The van der Waals surface area contributed by atoms with E-state index in [1.807, 2.05) is 16.7 Å². The number of anilines is 1. The van der Waals surface area contributed by atoms with Crippen LogP contribution in [0.15, 0.2) is 24.3 Å². The normalized spacial score (nSPS) is 19.7. The largest absolute Gasteiger partial charge is 0.370 e. The summed E-state index contributed by atoms with van der Waals surface area (Å²) >= 11 is 2.03. The Balaban J connectivity index is 1.47. The second kappa shape index (κ2) is 9.20. The SMILES string of the molecule is CC(C)(C)N1CCCN(C(=O)NCc2ccc(N3CCSCC3)cc2)CC1. The number of thioether (sulfide) groups is 1. The van der Waals surface area contributed by atoms with Gasteiger partial charge in [-0.3, -0.25) is 4.90 Å². The Bertz CT molecular complexity index is 608. The zero-order valence-corrected chi connectivity index (χ0v) is 17.9. The molecule has 2 fully saturated rings. The molecular formula is C21H34N4OS. The van der Waals surface area contributed by atoms with Gasteiger partial charge >= 0.3 is 6.03 Å². The lowest BCUT2D eigenvalue weighted by molar-refractivity contribution is 0.141.